The van der Waals surface area contributed by atoms with Crippen molar-refractivity contribution in [3.05, 3.63) is 35.4 Å². The van der Waals surface area contributed by atoms with Gasteiger partial charge in [-0.05, 0) is 17.5 Å². The molecule has 6 heteroatoms. The number of hydrogen-bond acceptors (Lipinski definition) is 4. The maximum absolute atomic E-state index is 11.8. The fourth-order valence-electron chi connectivity index (χ4n) is 2.82. The second kappa shape index (κ2) is 4.17. The Balaban J connectivity index is 1.91. The molecule has 6 nitrogen and oxygen atoms in total. The monoisotopic (exact) mass is 260 g/mol. The van der Waals surface area contributed by atoms with Crippen molar-refractivity contribution in [2.45, 2.75) is 12.5 Å². The molecule has 0 spiro atoms. The van der Waals surface area contributed by atoms with E-state index in [-0.39, 0.29) is 0 Å². The Kier molecular flexibility index (Phi) is 2.60. The van der Waals surface area contributed by atoms with Gasteiger partial charge in [0.1, 0.15) is 5.92 Å². The molecule has 2 unspecified atom stereocenters. The van der Waals surface area contributed by atoms with Crippen molar-refractivity contribution in [2.24, 2.45) is 11.8 Å². The van der Waals surface area contributed by atoms with Crippen molar-refractivity contribution < 1.29 is 19.5 Å². The zero-order valence-electron chi connectivity index (χ0n) is 9.92. The van der Waals surface area contributed by atoms with Crippen LogP contribution in [0.4, 0.5) is 4.79 Å². The van der Waals surface area contributed by atoms with E-state index < -0.39 is 35.8 Å². The van der Waals surface area contributed by atoms with E-state index in [1.165, 1.54) is 0 Å². The van der Waals surface area contributed by atoms with E-state index in [9.17, 15) is 19.5 Å². The molecule has 2 aliphatic rings. The molecule has 3 N–H and O–H groups in total. The maximum atomic E-state index is 11.8. The first-order chi connectivity index (χ1) is 9.08. The molecule has 0 aromatic heterocycles. The lowest BCUT2D eigenvalue weighted by Gasteiger charge is -2.27. The number of aliphatic hydroxyl groups is 1. The molecule has 1 aliphatic heterocycles. The van der Waals surface area contributed by atoms with Crippen LogP contribution >= 0.6 is 0 Å². The van der Waals surface area contributed by atoms with Crippen molar-refractivity contribution in [3.8, 4) is 0 Å². The van der Waals surface area contributed by atoms with Gasteiger partial charge in [-0.1, -0.05) is 24.3 Å². The van der Waals surface area contributed by atoms with Gasteiger partial charge in [-0.2, -0.15) is 0 Å². The lowest BCUT2D eigenvalue weighted by molar-refractivity contribution is -0.140. The van der Waals surface area contributed by atoms with E-state index in [4.69, 9.17) is 0 Å². The Bertz CT molecular complexity index is 564. The van der Waals surface area contributed by atoms with E-state index in [1.54, 1.807) is 12.1 Å². The predicted octanol–water partition coefficient (Wildman–Crippen LogP) is -0.126. The molecule has 4 amide bonds. The lowest BCUT2D eigenvalue weighted by Crippen LogP contribution is -2.58. The van der Waals surface area contributed by atoms with Crippen molar-refractivity contribution in [1.82, 2.24) is 10.6 Å². The average molecular weight is 260 g/mol. The number of nitrogens with one attached hydrogen (secondary N) is 2. The second-order valence-electron chi connectivity index (χ2n) is 4.80. The van der Waals surface area contributed by atoms with Crippen molar-refractivity contribution in [2.75, 3.05) is 0 Å². The predicted molar refractivity (Wildman–Crippen MR) is 63.8 cm³/mol. The van der Waals surface area contributed by atoms with Crippen LogP contribution in [-0.4, -0.2) is 23.0 Å². The van der Waals surface area contributed by atoms with Crippen molar-refractivity contribution in [1.29, 1.82) is 0 Å². The molecule has 0 saturated carbocycles. The molecule has 19 heavy (non-hydrogen) atoms. The van der Waals surface area contributed by atoms with Crippen LogP contribution < -0.4 is 10.6 Å². The summed E-state index contributed by atoms with van der Waals surface area (Å²) in [6.07, 6.45) is -0.428. The molecule has 2 atom stereocenters. The van der Waals surface area contributed by atoms with Crippen LogP contribution in [0.2, 0.25) is 0 Å². The highest BCUT2D eigenvalue weighted by molar-refractivity contribution is 6.16. The molecule has 1 fully saturated rings. The van der Waals surface area contributed by atoms with Gasteiger partial charge in [0, 0.05) is 5.92 Å². The molecular weight excluding hydrogens is 248 g/mol. The normalized spacial score (nSPS) is 26.9. The highest BCUT2D eigenvalue weighted by Gasteiger charge is 2.46. The fourth-order valence-corrected chi connectivity index (χ4v) is 2.82. The molecule has 1 heterocycles. The Morgan fingerprint density at radius 3 is 2.32 bits per heavy atom. The molecular formula is C13H12N2O4. The quantitative estimate of drug-likeness (QED) is 0.613. The number of amides is 4. The summed E-state index contributed by atoms with van der Waals surface area (Å²) in [5.74, 6) is -2.87. The highest BCUT2D eigenvalue weighted by atomic mass is 16.3. The number of barbiturate groups is 1. The SMILES string of the molecule is O=C1NC(=O)C(C2Cc3ccccc3C2O)C(=O)N1. The third-order valence-corrected chi connectivity index (χ3v) is 3.70. The number of carbonyl (C=O) groups is 3. The standard InChI is InChI=1S/C13H12N2O4/c16-10-7-4-2-1-3-6(7)5-8(10)9-11(17)14-13(19)15-12(9)18/h1-4,8-10,16H,5H2,(H2,14,15,17,18,19). The van der Waals surface area contributed by atoms with Crippen LogP contribution in [0.3, 0.4) is 0 Å². The van der Waals surface area contributed by atoms with Crippen LogP contribution in [0.5, 0.6) is 0 Å². The van der Waals surface area contributed by atoms with Crippen LogP contribution in [0, 0.1) is 11.8 Å². The topological polar surface area (TPSA) is 95.5 Å². The summed E-state index contributed by atoms with van der Waals surface area (Å²) in [6, 6.07) is 6.48. The molecule has 1 saturated heterocycles. The van der Waals surface area contributed by atoms with Gasteiger partial charge in [0.2, 0.25) is 11.8 Å². The Morgan fingerprint density at radius 1 is 1.05 bits per heavy atom. The first kappa shape index (κ1) is 11.9. The fraction of sp³-hybridized carbons (Fsp3) is 0.308. The zero-order chi connectivity index (χ0) is 13.6. The Morgan fingerprint density at radius 2 is 1.68 bits per heavy atom. The molecule has 1 aromatic rings. The number of imide groups is 2. The van der Waals surface area contributed by atoms with Gasteiger partial charge >= 0.3 is 6.03 Å². The lowest BCUT2D eigenvalue weighted by atomic mass is 9.85. The summed E-state index contributed by atoms with van der Waals surface area (Å²) in [4.78, 5) is 34.6. The van der Waals surface area contributed by atoms with E-state index in [0.717, 1.165) is 11.1 Å². The first-order valence-corrected chi connectivity index (χ1v) is 5.99. The number of urea groups is 1. The number of hydrogen-bond donors (Lipinski definition) is 3. The highest BCUT2D eigenvalue weighted by Crippen LogP contribution is 2.40. The van der Waals surface area contributed by atoms with Gasteiger partial charge in [-0.15, -0.1) is 0 Å². The minimum absolute atomic E-state index is 0.442. The zero-order valence-corrected chi connectivity index (χ0v) is 9.92. The number of rotatable bonds is 1. The third kappa shape index (κ3) is 1.80. The summed E-state index contributed by atoms with van der Waals surface area (Å²) in [5.41, 5.74) is 1.67. The van der Waals surface area contributed by atoms with Gasteiger partial charge in [-0.3, -0.25) is 20.2 Å². The van der Waals surface area contributed by atoms with Crippen LogP contribution in [-0.2, 0) is 16.0 Å². The summed E-state index contributed by atoms with van der Waals surface area (Å²) in [6.45, 7) is 0. The molecule has 3 rings (SSSR count). The summed E-state index contributed by atoms with van der Waals surface area (Å²) < 4.78 is 0. The van der Waals surface area contributed by atoms with Crippen molar-refractivity contribution in [3.63, 3.8) is 0 Å². The van der Waals surface area contributed by atoms with Gasteiger partial charge in [0.05, 0.1) is 6.10 Å². The van der Waals surface area contributed by atoms with Gasteiger partial charge < -0.3 is 5.11 Å². The number of aliphatic hydroxyl groups excluding tert-OH is 1. The molecule has 98 valence electrons. The third-order valence-electron chi connectivity index (χ3n) is 3.70. The number of fused-ring (bicyclic) bond motifs is 1. The van der Waals surface area contributed by atoms with Gasteiger partial charge in [0.25, 0.3) is 0 Å². The van der Waals surface area contributed by atoms with Gasteiger partial charge in [0.15, 0.2) is 0 Å². The van der Waals surface area contributed by atoms with E-state index in [0.29, 0.717) is 6.42 Å². The van der Waals surface area contributed by atoms with Crippen LogP contribution in [0.15, 0.2) is 24.3 Å². The van der Waals surface area contributed by atoms with Crippen LogP contribution in [0.25, 0.3) is 0 Å². The van der Waals surface area contributed by atoms with E-state index in [1.807, 2.05) is 12.1 Å². The minimum atomic E-state index is -1.04. The summed E-state index contributed by atoms with van der Waals surface area (Å²) >= 11 is 0. The summed E-state index contributed by atoms with van der Waals surface area (Å²) in [5, 5.41) is 14.4. The average Bonchev–Trinajstić information content (AvgIpc) is 2.66. The smallest absolute Gasteiger partial charge is 0.328 e. The second-order valence-corrected chi connectivity index (χ2v) is 4.80. The van der Waals surface area contributed by atoms with E-state index in [2.05, 4.69) is 10.6 Å². The van der Waals surface area contributed by atoms with Crippen molar-refractivity contribution >= 4 is 17.8 Å². The molecule has 1 aliphatic carbocycles. The molecule has 0 bridgehead atoms. The maximum Gasteiger partial charge on any atom is 0.328 e. The number of benzene rings is 1. The summed E-state index contributed by atoms with van der Waals surface area (Å²) in [7, 11) is 0. The first-order valence-electron chi connectivity index (χ1n) is 5.99. The molecule has 1 aromatic carbocycles. The Labute approximate surface area is 108 Å². The largest absolute Gasteiger partial charge is 0.388 e. The Hall–Kier alpha value is -2.21. The minimum Gasteiger partial charge on any atom is -0.388 e. The molecule has 0 radical (unpaired) electrons. The van der Waals surface area contributed by atoms with Gasteiger partial charge in [-0.25, -0.2) is 4.79 Å². The van der Waals surface area contributed by atoms with Crippen LogP contribution in [0.1, 0.15) is 17.2 Å². The van der Waals surface area contributed by atoms with E-state index >= 15 is 0 Å². The number of carbonyl (C=O) groups excluding carboxylic acids is 3.